The summed E-state index contributed by atoms with van der Waals surface area (Å²) >= 11 is 0. The van der Waals surface area contributed by atoms with Gasteiger partial charge in [0, 0.05) is 37.8 Å². The zero-order valence-corrected chi connectivity index (χ0v) is 22.6. The number of rotatable bonds is 8. The van der Waals surface area contributed by atoms with Gasteiger partial charge in [-0.1, -0.05) is 41.6 Å². The molecule has 0 spiro atoms. The van der Waals surface area contributed by atoms with Crippen LogP contribution in [0.1, 0.15) is 23.0 Å². The van der Waals surface area contributed by atoms with E-state index in [1.807, 2.05) is 24.3 Å². The molecule has 12 heteroatoms. The topological polar surface area (TPSA) is 117 Å². The zero-order chi connectivity index (χ0) is 29.9. The van der Waals surface area contributed by atoms with Crippen molar-refractivity contribution in [2.75, 3.05) is 32.8 Å². The second kappa shape index (κ2) is 12.1. The molecule has 1 fully saturated rings. The van der Waals surface area contributed by atoms with Gasteiger partial charge in [-0.3, -0.25) is 9.69 Å². The van der Waals surface area contributed by atoms with Crippen LogP contribution in [0.25, 0.3) is 33.6 Å². The van der Waals surface area contributed by atoms with E-state index in [0.717, 1.165) is 43.4 Å². The van der Waals surface area contributed by atoms with Gasteiger partial charge >= 0.3 is 6.36 Å². The number of hydrogen-bond acceptors (Lipinski definition) is 8. The maximum absolute atomic E-state index is 12.9. The third-order valence-electron chi connectivity index (χ3n) is 6.73. The van der Waals surface area contributed by atoms with Crippen LogP contribution >= 0.6 is 0 Å². The summed E-state index contributed by atoms with van der Waals surface area (Å²) in [6.07, 6.45) is -4.90. The Bertz CT molecular complexity index is 1560. The number of benzene rings is 3. The Morgan fingerprint density at radius 3 is 2.40 bits per heavy atom. The van der Waals surface area contributed by atoms with Gasteiger partial charge in [0.1, 0.15) is 17.2 Å². The van der Waals surface area contributed by atoms with Crippen molar-refractivity contribution in [3.8, 4) is 50.8 Å². The molecule has 3 aromatic carbocycles. The van der Waals surface area contributed by atoms with Crippen molar-refractivity contribution in [2.24, 2.45) is 0 Å². The predicted octanol–water partition coefficient (Wildman–Crippen LogP) is 5.57. The van der Waals surface area contributed by atoms with Crippen LogP contribution in [0.3, 0.4) is 0 Å². The summed E-state index contributed by atoms with van der Waals surface area (Å²) in [6.45, 7) is 5.82. The van der Waals surface area contributed by atoms with E-state index in [1.54, 1.807) is 6.92 Å². The Kier molecular flexibility index (Phi) is 8.36. The first-order chi connectivity index (χ1) is 20.1. The Morgan fingerprint density at radius 1 is 1.00 bits per heavy atom. The molecule has 0 saturated carbocycles. The van der Waals surface area contributed by atoms with Gasteiger partial charge < -0.3 is 29.5 Å². The molecule has 1 amide bonds. The molecule has 0 atom stereocenters. The van der Waals surface area contributed by atoms with Gasteiger partial charge in [-0.05, 0) is 41.8 Å². The van der Waals surface area contributed by atoms with E-state index < -0.39 is 23.8 Å². The summed E-state index contributed by atoms with van der Waals surface area (Å²) in [6, 6.07) is 15.0. The Balaban J connectivity index is 1.56. The average Bonchev–Trinajstić information content (AvgIpc) is 3.38. The molecule has 9 nitrogen and oxygen atoms in total. The van der Waals surface area contributed by atoms with Crippen molar-refractivity contribution in [1.29, 1.82) is 0 Å². The van der Waals surface area contributed by atoms with E-state index in [-0.39, 0.29) is 33.9 Å². The third-order valence-corrected chi connectivity index (χ3v) is 6.73. The molecular weight excluding hydrogens is 555 g/mol. The lowest BCUT2D eigenvalue weighted by Gasteiger charge is -2.26. The minimum absolute atomic E-state index is 0.0117. The number of phenols is 2. The molecule has 220 valence electrons. The highest BCUT2D eigenvalue weighted by molar-refractivity contribution is 6.03. The smallest absolute Gasteiger partial charge is 0.507 e. The second-order valence-electron chi connectivity index (χ2n) is 9.64. The average molecular weight is 584 g/mol. The molecule has 2 heterocycles. The molecule has 3 N–H and O–H groups in total. The molecule has 0 bridgehead atoms. The highest BCUT2D eigenvalue weighted by atomic mass is 19.4. The maximum Gasteiger partial charge on any atom is 0.573 e. The molecule has 0 unspecified atom stereocenters. The molecule has 0 radical (unpaired) electrons. The number of hydrogen-bond donors (Lipinski definition) is 3. The highest BCUT2D eigenvalue weighted by Gasteiger charge is 2.31. The lowest BCUT2D eigenvalue weighted by atomic mass is 9.94. The van der Waals surface area contributed by atoms with Crippen molar-refractivity contribution in [1.82, 2.24) is 15.4 Å². The van der Waals surface area contributed by atoms with Crippen LogP contribution in [-0.2, 0) is 11.3 Å². The molecule has 1 saturated heterocycles. The van der Waals surface area contributed by atoms with E-state index >= 15 is 0 Å². The van der Waals surface area contributed by atoms with E-state index in [4.69, 9.17) is 9.26 Å². The predicted molar refractivity (Wildman–Crippen MR) is 147 cm³/mol. The van der Waals surface area contributed by atoms with Gasteiger partial charge in [0.2, 0.25) is 0 Å². The summed E-state index contributed by atoms with van der Waals surface area (Å²) < 4.78 is 53.4. The number of morpholine rings is 1. The molecule has 1 aromatic heterocycles. The largest absolute Gasteiger partial charge is 0.573 e. The van der Waals surface area contributed by atoms with Crippen molar-refractivity contribution in [2.45, 2.75) is 19.8 Å². The van der Waals surface area contributed by atoms with Crippen LogP contribution in [-0.4, -0.2) is 65.4 Å². The Hall–Kier alpha value is -4.55. The summed E-state index contributed by atoms with van der Waals surface area (Å²) in [5, 5.41) is 28.1. The lowest BCUT2D eigenvalue weighted by Crippen LogP contribution is -2.35. The van der Waals surface area contributed by atoms with Gasteiger partial charge in [0.25, 0.3) is 5.91 Å². The van der Waals surface area contributed by atoms with Crippen LogP contribution in [0, 0.1) is 0 Å². The quantitative estimate of drug-likeness (QED) is 0.247. The first kappa shape index (κ1) is 29.0. The first-order valence-electron chi connectivity index (χ1n) is 13.2. The normalized spacial score (nSPS) is 14.1. The molecule has 0 aliphatic carbocycles. The number of halogens is 3. The summed E-state index contributed by atoms with van der Waals surface area (Å²) in [5.41, 5.74) is 2.29. The minimum Gasteiger partial charge on any atom is -0.507 e. The van der Waals surface area contributed by atoms with E-state index in [2.05, 4.69) is 20.1 Å². The molecule has 4 aromatic rings. The lowest BCUT2D eigenvalue weighted by molar-refractivity contribution is -0.274. The number of ether oxygens (including phenoxy) is 2. The van der Waals surface area contributed by atoms with Crippen molar-refractivity contribution in [3.63, 3.8) is 0 Å². The standard InChI is InChI=1S/C30H28F3N3O6/c1-2-34-29(39)27-26(19-8-6-18(7-9-19)17-36-10-12-40-13-11-36)28(42-35-27)23-15-22(24(37)16-25(23)38)20-4-3-5-21(14-20)41-30(31,32)33/h3-9,14-16,37-38H,2,10-13,17H2,1H3,(H,34,39). The number of amides is 1. The number of aromatic hydroxyl groups is 2. The number of alkyl halides is 3. The van der Waals surface area contributed by atoms with Crippen LogP contribution in [0.2, 0.25) is 0 Å². The number of phenolic OH excluding ortho intramolecular Hbond substituents is 2. The number of nitrogens with zero attached hydrogens (tertiary/aromatic N) is 2. The molecule has 42 heavy (non-hydrogen) atoms. The van der Waals surface area contributed by atoms with Crippen LogP contribution < -0.4 is 10.1 Å². The number of nitrogens with one attached hydrogen (secondary N) is 1. The first-order valence-corrected chi connectivity index (χ1v) is 13.2. The van der Waals surface area contributed by atoms with Crippen LogP contribution in [0.5, 0.6) is 17.2 Å². The van der Waals surface area contributed by atoms with Gasteiger partial charge in [0.05, 0.1) is 24.3 Å². The molecular formula is C30H28F3N3O6. The number of aromatic nitrogens is 1. The SMILES string of the molecule is CCNC(=O)c1noc(-c2cc(-c3cccc(OC(F)(F)F)c3)c(O)cc2O)c1-c1ccc(CN2CCOCC2)cc1. The third kappa shape index (κ3) is 6.50. The highest BCUT2D eigenvalue weighted by Crippen LogP contribution is 2.44. The summed E-state index contributed by atoms with van der Waals surface area (Å²) in [4.78, 5) is 15.2. The van der Waals surface area contributed by atoms with Gasteiger partial charge in [-0.25, -0.2) is 0 Å². The van der Waals surface area contributed by atoms with E-state index in [1.165, 1.54) is 18.2 Å². The fraction of sp³-hybridized carbons (Fsp3) is 0.267. The van der Waals surface area contributed by atoms with E-state index in [0.29, 0.717) is 30.9 Å². The maximum atomic E-state index is 12.9. The summed E-state index contributed by atoms with van der Waals surface area (Å²) in [5.74, 6) is -1.71. The van der Waals surface area contributed by atoms with Crippen molar-refractivity contribution in [3.05, 3.63) is 71.9 Å². The van der Waals surface area contributed by atoms with Gasteiger partial charge in [0.15, 0.2) is 11.5 Å². The van der Waals surface area contributed by atoms with E-state index in [9.17, 15) is 28.2 Å². The van der Waals surface area contributed by atoms with Crippen LogP contribution in [0.4, 0.5) is 13.2 Å². The zero-order valence-electron chi connectivity index (χ0n) is 22.6. The van der Waals surface area contributed by atoms with Crippen LogP contribution in [0.15, 0.2) is 65.2 Å². The Morgan fingerprint density at radius 2 is 1.71 bits per heavy atom. The number of carbonyl (C=O) groups is 1. The van der Waals surface area contributed by atoms with Crippen molar-refractivity contribution < 1.29 is 42.2 Å². The fourth-order valence-electron chi connectivity index (χ4n) is 4.79. The van der Waals surface area contributed by atoms with Crippen molar-refractivity contribution >= 4 is 5.91 Å². The number of carbonyl (C=O) groups excluding carboxylic acids is 1. The molecule has 1 aliphatic rings. The summed E-state index contributed by atoms with van der Waals surface area (Å²) in [7, 11) is 0. The van der Waals surface area contributed by atoms with Gasteiger partial charge in [-0.15, -0.1) is 13.2 Å². The Labute approximate surface area is 239 Å². The molecule has 1 aliphatic heterocycles. The second-order valence-corrected chi connectivity index (χ2v) is 9.64. The van der Waals surface area contributed by atoms with Gasteiger partial charge in [-0.2, -0.15) is 0 Å². The minimum atomic E-state index is -4.90. The monoisotopic (exact) mass is 583 g/mol. The fourth-order valence-corrected chi connectivity index (χ4v) is 4.79. The molecule has 5 rings (SSSR count).